The Bertz CT molecular complexity index is 1130. The first-order valence-corrected chi connectivity index (χ1v) is 10.0. The Balaban J connectivity index is 1.83. The van der Waals surface area contributed by atoms with Crippen LogP contribution in [0.4, 0.5) is 0 Å². The Kier molecular flexibility index (Phi) is 4.94. The van der Waals surface area contributed by atoms with E-state index < -0.39 is 0 Å². The molecule has 0 atom stereocenters. The lowest BCUT2D eigenvalue weighted by Crippen LogP contribution is -2.24. The van der Waals surface area contributed by atoms with Gasteiger partial charge in [-0.2, -0.15) is 0 Å². The topological polar surface area (TPSA) is 65.1 Å². The molecule has 0 aliphatic rings. The maximum atomic E-state index is 13.0. The van der Waals surface area contributed by atoms with E-state index in [0.717, 1.165) is 22.8 Å². The number of hydrogen-bond donors (Lipinski definition) is 0. The van der Waals surface area contributed by atoms with Gasteiger partial charge in [0.15, 0.2) is 5.16 Å². The van der Waals surface area contributed by atoms with E-state index in [4.69, 9.17) is 0 Å². The minimum absolute atomic E-state index is 0.00701. The molecule has 4 aromatic rings. The molecule has 7 heteroatoms. The average Bonchev–Trinajstić information content (AvgIpc) is 3.11. The predicted molar refractivity (Wildman–Crippen MR) is 108 cm³/mol. The zero-order valence-corrected chi connectivity index (χ0v) is 16.2. The lowest BCUT2D eigenvalue weighted by Gasteiger charge is -2.12. The molecule has 0 bridgehead atoms. The quantitative estimate of drug-likeness (QED) is 0.477. The van der Waals surface area contributed by atoms with Crippen LogP contribution < -0.4 is 5.56 Å². The average molecular weight is 379 g/mol. The molecule has 6 nitrogen and oxygen atoms in total. The summed E-state index contributed by atoms with van der Waals surface area (Å²) in [6, 6.07) is 13.5. The Labute approximate surface area is 161 Å². The van der Waals surface area contributed by atoms with Gasteiger partial charge in [0.05, 0.1) is 16.6 Å². The summed E-state index contributed by atoms with van der Waals surface area (Å²) in [6.07, 6.45) is 2.70. The fourth-order valence-electron chi connectivity index (χ4n) is 3.04. The van der Waals surface area contributed by atoms with Crippen molar-refractivity contribution in [2.24, 2.45) is 5.92 Å². The molecular formula is C20H21N5OS. The van der Waals surface area contributed by atoms with Crippen LogP contribution in [0, 0.1) is 5.92 Å². The van der Waals surface area contributed by atoms with Crippen molar-refractivity contribution in [2.45, 2.75) is 37.7 Å². The highest BCUT2D eigenvalue weighted by Crippen LogP contribution is 2.24. The molecule has 27 heavy (non-hydrogen) atoms. The van der Waals surface area contributed by atoms with E-state index in [1.807, 2.05) is 46.9 Å². The van der Waals surface area contributed by atoms with Gasteiger partial charge in [-0.05, 0) is 36.6 Å². The van der Waals surface area contributed by atoms with Crippen LogP contribution in [0.25, 0.3) is 16.7 Å². The predicted octanol–water partition coefficient (Wildman–Crippen LogP) is 3.78. The molecule has 0 fully saturated rings. The van der Waals surface area contributed by atoms with Gasteiger partial charge in [-0.15, -0.1) is 10.2 Å². The minimum Gasteiger partial charge on any atom is -0.276 e. The molecule has 0 aliphatic heterocycles. The van der Waals surface area contributed by atoms with Crippen molar-refractivity contribution in [1.29, 1.82) is 0 Å². The molecule has 4 rings (SSSR count). The largest absolute Gasteiger partial charge is 0.276 e. The van der Waals surface area contributed by atoms with Gasteiger partial charge in [-0.3, -0.25) is 18.7 Å². The first-order chi connectivity index (χ1) is 13.1. The number of aromatic nitrogens is 5. The summed E-state index contributed by atoms with van der Waals surface area (Å²) in [5, 5.41) is 10.2. The molecule has 0 aliphatic carbocycles. The summed E-state index contributed by atoms with van der Waals surface area (Å²) < 4.78 is 3.74. The second-order valence-corrected chi connectivity index (χ2v) is 7.83. The third-order valence-corrected chi connectivity index (χ3v) is 5.45. The Morgan fingerprint density at radius 1 is 1.07 bits per heavy atom. The molecule has 1 aromatic carbocycles. The normalized spacial score (nSPS) is 11.7. The SMILES string of the molecule is CC(C)CCn1c(=O)c2ccccc2n2c(SCc3ccccn3)nnc12. The van der Waals surface area contributed by atoms with E-state index in [-0.39, 0.29) is 5.56 Å². The second-order valence-electron chi connectivity index (χ2n) is 6.88. The van der Waals surface area contributed by atoms with Crippen LogP contribution in [0.2, 0.25) is 0 Å². The Hall–Kier alpha value is -2.67. The first kappa shape index (κ1) is 17.7. The minimum atomic E-state index is -0.00701. The molecule has 138 valence electrons. The molecule has 3 heterocycles. The van der Waals surface area contributed by atoms with E-state index in [0.29, 0.717) is 29.4 Å². The van der Waals surface area contributed by atoms with E-state index in [1.165, 1.54) is 0 Å². The van der Waals surface area contributed by atoms with Crippen LogP contribution in [-0.4, -0.2) is 24.1 Å². The Morgan fingerprint density at radius 2 is 1.89 bits per heavy atom. The number of aryl methyl sites for hydroxylation is 1. The van der Waals surface area contributed by atoms with Crippen LogP contribution in [0.5, 0.6) is 0 Å². The summed E-state index contributed by atoms with van der Waals surface area (Å²) in [6.45, 7) is 4.94. The van der Waals surface area contributed by atoms with Gasteiger partial charge >= 0.3 is 0 Å². The number of thioether (sulfide) groups is 1. The lowest BCUT2D eigenvalue weighted by molar-refractivity contribution is 0.512. The number of fused-ring (bicyclic) bond motifs is 3. The van der Waals surface area contributed by atoms with Gasteiger partial charge in [0, 0.05) is 18.5 Å². The van der Waals surface area contributed by atoms with E-state index in [2.05, 4.69) is 29.0 Å². The van der Waals surface area contributed by atoms with Gasteiger partial charge in [0.2, 0.25) is 5.78 Å². The van der Waals surface area contributed by atoms with E-state index in [1.54, 1.807) is 22.5 Å². The summed E-state index contributed by atoms with van der Waals surface area (Å²) in [5.74, 6) is 1.80. The van der Waals surface area contributed by atoms with Gasteiger partial charge in [-0.25, -0.2) is 0 Å². The van der Waals surface area contributed by atoms with Crippen molar-refractivity contribution in [3.05, 3.63) is 64.7 Å². The van der Waals surface area contributed by atoms with Crippen LogP contribution in [-0.2, 0) is 12.3 Å². The zero-order chi connectivity index (χ0) is 18.8. The zero-order valence-electron chi connectivity index (χ0n) is 15.4. The van der Waals surface area contributed by atoms with Crippen molar-refractivity contribution in [1.82, 2.24) is 24.1 Å². The highest BCUT2D eigenvalue weighted by Gasteiger charge is 2.17. The third-order valence-electron chi connectivity index (χ3n) is 4.48. The van der Waals surface area contributed by atoms with Crippen molar-refractivity contribution in [3.63, 3.8) is 0 Å². The third kappa shape index (κ3) is 3.47. The standard InChI is InChI=1S/C20H21N5OS/c1-14(2)10-12-24-18(26)16-8-3-4-9-17(16)25-19(24)22-23-20(25)27-13-15-7-5-6-11-21-15/h3-9,11,14H,10,12-13H2,1-2H3. The van der Waals surface area contributed by atoms with Gasteiger partial charge in [-0.1, -0.05) is 43.8 Å². The molecular weight excluding hydrogens is 358 g/mol. The van der Waals surface area contributed by atoms with Crippen molar-refractivity contribution in [3.8, 4) is 0 Å². The molecule has 0 unspecified atom stereocenters. The number of benzene rings is 1. The molecule has 0 saturated carbocycles. The molecule has 0 saturated heterocycles. The van der Waals surface area contributed by atoms with Gasteiger partial charge < -0.3 is 0 Å². The van der Waals surface area contributed by atoms with Gasteiger partial charge in [0.25, 0.3) is 5.56 Å². The summed E-state index contributed by atoms with van der Waals surface area (Å²) >= 11 is 1.57. The molecule has 0 spiro atoms. The molecule has 0 N–H and O–H groups in total. The maximum Gasteiger partial charge on any atom is 0.262 e. The monoisotopic (exact) mass is 379 g/mol. The summed E-state index contributed by atoms with van der Waals surface area (Å²) in [5.41, 5.74) is 1.82. The summed E-state index contributed by atoms with van der Waals surface area (Å²) in [4.78, 5) is 17.4. The smallest absolute Gasteiger partial charge is 0.262 e. The lowest BCUT2D eigenvalue weighted by atomic mass is 10.1. The highest BCUT2D eigenvalue weighted by molar-refractivity contribution is 7.98. The van der Waals surface area contributed by atoms with E-state index in [9.17, 15) is 4.79 Å². The maximum absolute atomic E-state index is 13.0. The number of pyridine rings is 1. The van der Waals surface area contributed by atoms with Crippen LogP contribution >= 0.6 is 11.8 Å². The van der Waals surface area contributed by atoms with Crippen LogP contribution in [0.3, 0.4) is 0 Å². The number of nitrogens with zero attached hydrogens (tertiary/aromatic N) is 5. The summed E-state index contributed by atoms with van der Waals surface area (Å²) in [7, 11) is 0. The Morgan fingerprint density at radius 3 is 2.67 bits per heavy atom. The van der Waals surface area contributed by atoms with Crippen LogP contribution in [0.15, 0.2) is 58.6 Å². The van der Waals surface area contributed by atoms with E-state index >= 15 is 0 Å². The fourth-order valence-corrected chi connectivity index (χ4v) is 3.89. The van der Waals surface area contributed by atoms with Crippen molar-refractivity contribution in [2.75, 3.05) is 0 Å². The number of hydrogen-bond acceptors (Lipinski definition) is 5. The second kappa shape index (κ2) is 7.52. The molecule has 0 amide bonds. The molecule has 0 radical (unpaired) electrons. The number of para-hydroxylation sites is 1. The van der Waals surface area contributed by atoms with Gasteiger partial charge in [0.1, 0.15) is 0 Å². The van der Waals surface area contributed by atoms with Crippen molar-refractivity contribution < 1.29 is 0 Å². The fraction of sp³-hybridized carbons (Fsp3) is 0.300. The molecule has 3 aromatic heterocycles. The van der Waals surface area contributed by atoms with Crippen LogP contribution in [0.1, 0.15) is 26.0 Å². The highest BCUT2D eigenvalue weighted by atomic mass is 32.2. The first-order valence-electron chi connectivity index (χ1n) is 9.04. The number of rotatable bonds is 6. The van der Waals surface area contributed by atoms with Crippen molar-refractivity contribution >= 4 is 28.4 Å².